The molecule has 1 heterocycles. The molecule has 0 fully saturated rings. The first kappa shape index (κ1) is 17.4. The van der Waals surface area contributed by atoms with E-state index >= 15 is 0 Å². The molecule has 0 unspecified atom stereocenters. The van der Waals surface area contributed by atoms with Crippen LogP contribution in [0.15, 0.2) is 40.9 Å². The normalized spacial score (nSPS) is 12.9. The van der Waals surface area contributed by atoms with E-state index in [2.05, 4.69) is 5.16 Å². The molecule has 0 aliphatic carbocycles. The average Bonchev–Trinajstić information content (AvgIpc) is 2.99. The first-order valence-electron chi connectivity index (χ1n) is 6.82. The van der Waals surface area contributed by atoms with Crippen molar-refractivity contribution in [3.05, 3.63) is 42.1 Å². The van der Waals surface area contributed by atoms with Gasteiger partial charge in [0.1, 0.15) is 6.54 Å². The maximum atomic E-state index is 12.1. The second-order valence-electron chi connectivity index (χ2n) is 4.83. The highest BCUT2D eigenvalue weighted by molar-refractivity contribution is 7.99. The van der Waals surface area contributed by atoms with Crippen LogP contribution in [0.25, 0.3) is 11.3 Å². The summed E-state index contributed by atoms with van der Waals surface area (Å²) in [6, 6.07) is 11.1. The van der Waals surface area contributed by atoms with E-state index in [1.807, 2.05) is 35.6 Å². The Hall–Kier alpha value is -1.96. The van der Waals surface area contributed by atoms with Crippen molar-refractivity contribution in [3.63, 3.8) is 0 Å². The first-order chi connectivity index (χ1) is 10.8. The number of hydrogen-bond donors (Lipinski definition) is 1. The van der Waals surface area contributed by atoms with Gasteiger partial charge in [-0.1, -0.05) is 35.5 Å². The number of hydrogen-bond acceptors (Lipinski definition) is 4. The minimum absolute atomic E-state index is 0.372. The Kier molecular flexibility index (Phi) is 5.70. The van der Waals surface area contributed by atoms with Crippen LogP contribution in [0, 0.1) is 0 Å². The number of alkyl halides is 3. The van der Waals surface area contributed by atoms with Crippen LogP contribution >= 0.6 is 11.8 Å². The molecule has 1 aromatic heterocycles. The summed E-state index contributed by atoms with van der Waals surface area (Å²) in [5.74, 6) is 0.325. The molecule has 0 radical (unpaired) electrons. The number of rotatable bonds is 6. The topological polar surface area (TPSA) is 55.1 Å². The summed E-state index contributed by atoms with van der Waals surface area (Å²) in [6.45, 7) is 0.230. The van der Waals surface area contributed by atoms with Crippen molar-refractivity contribution < 1.29 is 22.5 Å². The fraction of sp³-hybridized carbons (Fsp3) is 0.333. The maximum absolute atomic E-state index is 12.1. The van der Waals surface area contributed by atoms with Gasteiger partial charge < -0.3 is 9.84 Å². The highest BCUT2D eigenvalue weighted by Crippen LogP contribution is 2.23. The molecule has 0 bridgehead atoms. The predicted molar refractivity (Wildman–Crippen MR) is 81.8 cm³/mol. The van der Waals surface area contributed by atoms with Crippen LogP contribution < -0.4 is 5.32 Å². The lowest BCUT2D eigenvalue weighted by atomic mass is 10.2. The lowest BCUT2D eigenvalue weighted by Crippen LogP contribution is -2.38. The van der Waals surface area contributed by atoms with E-state index in [1.54, 1.807) is 13.0 Å². The van der Waals surface area contributed by atoms with Gasteiger partial charge >= 0.3 is 6.18 Å². The van der Waals surface area contributed by atoms with Gasteiger partial charge in [0.25, 0.3) is 0 Å². The van der Waals surface area contributed by atoms with Crippen molar-refractivity contribution in [3.8, 4) is 11.3 Å². The Morgan fingerprint density at radius 3 is 2.70 bits per heavy atom. The van der Waals surface area contributed by atoms with Crippen LogP contribution in [0.2, 0.25) is 0 Å². The van der Waals surface area contributed by atoms with Crippen LogP contribution in [-0.4, -0.2) is 29.0 Å². The Bertz CT molecular complexity index is 644. The van der Waals surface area contributed by atoms with Gasteiger partial charge in [-0.25, -0.2) is 0 Å². The molecule has 23 heavy (non-hydrogen) atoms. The number of aromatic nitrogens is 1. The van der Waals surface area contributed by atoms with Gasteiger partial charge in [0.05, 0.1) is 10.9 Å². The minimum Gasteiger partial charge on any atom is -0.356 e. The largest absolute Gasteiger partial charge is 0.405 e. The molecule has 0 aliphatic heterocycles. The maximum Gasteiger partial charge on any atom is 0.405 e. The van der Waals surface area contributed by atoms with Crippen LogP contribution in [0.5, 0.6) is 0 Å². The van der Waals surface area contributed by atoms with Gasteiger partial charge in [-0.2, -0.15) is 13.2 Å². The highest BCUT2D eigenvalue weighted by atomic mass is 32.2. The standard InChI is InChI=1S/C15H15F3N2O2S/c1-10(14(21)19-9-15(16,17)18)23-8-12-7-13(22-20-12)11-5-3-2-4-6-11/h2-7,10H,8-9H2,1H3,(H,19,21)/t10-/m0/s1. The predicted octanol–water partition coefficient (Wildman–Crippen LogP) is 3.64. The van der Waals surface area contributed by atoms with Crippen molar-refractivity contribution in [2.75, 3.05) is 6.54 Å². The summed E-state index contributed by atoms with van der Waals surface area (Å²) in [4.78, 5) is 11.6. The second kappa shape index (κ2) is 7.54. The highest BCUT2D eigenvalue weighted by Gasteiger charge is 2.28. The zero-order valence-corrected chi connectivity index (χ0v) is 13.1. The third-order valence-electron chi connectivity index (χ3n) is 2.93. The van der Waals surface area contributed by atoms with E-state index in [1.165, 1.54) is 11.8 Å². The first-order valence-corrected chi connectivity index (χ1v) is 7.87. The van der Waals surface area contributed by atoms with Gasteiger partial charge in [-0.15, -0.1) is 11.8 Å². The molecule has 124 valence electrons. The Morgan fingerprint density at radius 1 is 1.35 bits per heavy atom. The van der Waals surface area contributed by atoms with E-state index in [-0.39, 0.29) is 0 Å². The van der Waals surface area contributed by atoms with Crippen molar-refractivity contribution in [1.82, 2.24) is 10.5 Å². The number of thioether (sulfide) groups is 1. The molecule has 1 N–H and O–H groups in total. The fourth-order valence-corrected chi connectivity index (χ4v) is 2.53. The SMILES string of the molecule is C[C@H](SCc1cc(-c2ccccc2)on1)C(=O)NCC(F)(F)F. The van der Waals surface area contributed by atoms with Crippen molar-refractivity contribution in [2.24, 2.45) is 0 Å². The monoisotopic (exact) mass is 344 g/mol. The van der Waals surface area contributed by atoms with Gasteiger partial charge in [0, 0.05) is 17.4 Å². The number of nitrogens with one attached hydrogen (secondary N) is 1. The average molecular weight is 344 g/mol. The van der Waals surface area contributed by atoms with Crippen LogP contribution in [-0.2, 0) is 10.5 Å². The van der Waals surface area contributed by atoms with Crippen molar-refractivity contribution >= 4 is 17.7 Å². The number of carbonyl (C=O) groups is 1. The molecule has 2 rings (SSSR count). The van der Waals surface area contributed by atoms with Crippen molar-refractivity contribution in [2.45, 2.75) is 24.1 Å². The summed E-state index contributed by atoms with van der Waals surface area (Å²) in [5, 5.41) is 5.15. The third-order valence-corrected chi connectivity index (χ3v) is 4.11. The van der Waals surface area contributed by atoms with Gasteiger partial charge in [-0.05, 0) is 6.92 Å². The van der Waals surface area contributed by atoms with E-state index in [4.69, 9.17) is 4.52 Å². The molecule has 4 nitrogen and oxygen atoms in total. The number of amides is 1. The smallest absolute Gasteiger partial charge is 0.356 e. The van der Waals surface area contributed by atoms with Crippen molar-refractivity contribution in [1.29, 1.82) is 0 Å². The van der Waals surface area contributed by atoms with Crippen LogP contribution in [0.3, 0.4) is 0 Å². The number of nitrogens with zero attached hydrogens (tertiary/aromatic N) is 1. The summed E-state index contributed by atoms with van der Waals surface area (Å²) in [5.41, 5.74) is 1.51. The lowest BCUT2D eigenvalue weighted by Gasteiger charge is -2.12. The second-order valence-corrected chi connectivity index (χ2v) is 6.16. The summed E-state index contributed by atoms with van der Waals surface area (Å²) in [7, 11) is 0. The molecule has 0 aliphatic rings. The molecule has 1 amide bonds. The molecule has 1 aromatic carbocycles. The Morgan fingerprint density at radius 2 is 2.04 bits per heavy atom. The number of carbonyl (C=O) groups excluding carboxylic acids is 1. The molecular formula is C15H15F3N2O2S. The zero-order chi connectivity index (χ0) is 16.9. The van der Waals surface area contributed by atoms with Crippen LogP contribution in [0.1, 0.15) is 12.6 Å². The summed E-state index contributed by atoms with van der Waals surface area (Å²) >= 11 is 1.19. The molecule has 0 spiro atoms. The molecule has 1 atom stereocenters. The third kappa shape index (κ3) is 5.63. The fourth-order valence-electron chi connectivity index (χ4n) is 1.74. The molecule has 2 aromatic rings. The minimum atomic E-state index is -4.41. The van der Waals surface area contributed by atoms with Crippen LogP contribution in [0.4, 0.5) is 13.2 Å². The van der Waals surface area contributed by atoms with E-state index in [9.17, 15) is 18.0 Å². The van der Waals surface area contributed by atoms with E-state index < -0.39 is 23.9 Å². The summed E-state index contributed by atoms with van der Waals surface area (Å²) < 4.78 is 41.4. The van der Waals surface area contributed by atoms with Gasteiger partial charge in [0.2, 0.25) is 5.91 Å². The zero-order valence-electron chi connectivity index (χ0n) is 12.3. The van der Waals surface area contributed by atoms with Gasteiger partial charge in [-0.3, -0.25) is 4.79 Å². The molecule has 0 saturated heterocycles. The summed E-state index contributed by atoms with van der Waals surface area (Å²) in [6.07, 6.45) is -4.41. The van der Waals surface area contributed by atoms with Gasteiger partial charge in [0.15, 0.2) is 5.76 Å². The quantitative estimate of drug-likeness (QED) is 0.869. The number of halogens is 3. The molecular weight excluding hydrogens is 329 g/mol. The Balaban J connectivity index is 1.84. The lowest BCUT2D eigenvalue weighted by molar-refractivity contribution is -0.137. The number of benzene rings is 1. The molecule has 8 heteroatoms. The molecule has 0 saturated carbocycles. The Labute approximate surface area is 135 Å². The van der Waals surface area contributed by atoms with E-state index in [0.717, 1.165) is 5.56 Å². The van der Waals surface area contributed by atoms with E-state index in [0.29, 0.717) is 17.2 Å².